The average Bonchev–Trinajstić information content (AvgIpc) is 2.86. The third-order valence-electron chi connectivity index (χ3n) is 3.11. The summed E-state index contributed by atoms with van der Waals surface area (Å²) in [6, 6.07) is 7.77. The van der Waals surface area contributed by atoms with Crippen molar-refractivity contribution in [2.45, 2.75) is 20.8 Å². The summed E-state index contributed by atoms with van der Waals surface area (Å²) in [4.78, 5) is 11.8. The van der Waals surface area contributed by atoms with Gasteiger partial charge >= 0.3 is 5.97 Å². The lowest BCUT2D eigenvalue weighted by Crippen LogP contribution is -2.07. The molecule has 0 saturated carbocycles. The molecule has 5 nitrogen and oxygen atoms in total. The van der Waals surface area contributed by atoms with Gasteiger partial charge in [0.15, 0.2) is 5.69 Å². The largest absolute Gasteiger partial charge is 0.462 e. The van der Waals surface area contributed by atoms with Crippen LogP contribution in [0.2, 0.25) is 0 Å². The van der Waals surface area contributed by atoms with Crippen molar-refractivity contribution in [2.75, 3.05) is 6.61 Å². The molecule has 0 amide bonds. The van der Waals surface area contributed by atoms with Crippen LogP contribution in [0.15, 0.2) is 24.4 Å². The third kappa shape index (κ3) is 2.41. The molecule has 0 radical (unpaired) electrons. The summed E-state index contributed by atoms with van der Waals surface area (Å²) >= 11 is 0. The van der Waals surface area contributed by atoms with Gasteiger partial charge in [0.2, 0.25) is 0 Å². The summed E-state index contributed by atoms with van der Waals surface area (Å²) in [5.74, 6) is -0.529. The molecular formula is C15H15N3O2. The second kappa shape index (κ2) is 5.57. The van der Waals surface area contributed by atoms with E-state index in [1.165, 1.54) is 10.9 Å². The van der Waals surface area contributed by atoms with E-state index in [-0.39, 0.29) is 17.9 Å². The molecule has 0 aliphatic carbocycles. The van der Waals surface area contributed by atoms with E-state index < -0.39 is 5.97 Å². The monoisotopic (exact) mass is 269 g/mol. The quantitative estimate of drug-likeness (QED) is 0.803. The second-order valence-electron chi connectivity index (χ2n) is 4.42. The number of carbonyl (C=O) groups excluding carboxylic acids is 1. The number of ether oxygens (including phenoxy) is 1. The Balaban J connectivity index is 2.50. The molecule has 1 heterocycles. The molecule has 0 bridgehead atoms. The van der Waals surface area contributed by atoms with Crippen LogP contribution in [0.25, 0.3) is 5.69 Å². The van der Waals surface area contributed by atoms with Crippen LogP contribution in [0.4, 0.5) is 0 Å². The summed E-state index contributed by atoms with van der Waals surface area (Å²) in [5.41, 5.74) is 3.38. The maximum atomic E-state index is 11.8. The number of hydrogen-bond donors (Lipinski definition) is 0. The molecule has 0 unspecified atom stereocenters. The molecular weight excluding hydrogens is 254 g/mol. The van der Waals surface area contributed by atoms with Crippen molar-refractivity contribution in [3.8, 4) is 11.8 Å². The molecule has 0 spiro atoms. The first-order valence-corrected chi connectivity index (χ1v) is 6.31. The van der Waals surface area contributed by atoms with Gasteiger partial charge < -0.3 is 4.74 Å². The predicted molar refractivity (Wildman–Crippen MR) is 73.7 cm³/mol. The summed E-state index contributed by atoms with van der Waals surface area (Å²) in [6.45, 7) is 5.98. The number of hydrogen-bond acceptors (Lipinski definition) is 4. The zero-order valence-electron chi connectivity index (χ0n) is 11.7. The van der Waals surface area contributed by atoms with Crippen LogP contribution in [0.3, 0.4) is 0 Å². The van der Waals surface area contributed by atoms with Crippen molar-refractivity contribution in [3.63, 3.8) is 0 Å². The van der Waals surface area contributed by atoms with Crippen molar-refractivity contribution in [1.82, 2.24) is 9.78 Å². The number of aromatic nitrogens is 2. The third-order valence-corrected chi connectivity index (χ3v) is 3.11. The van der Waals surface area contributed by atoms with Gasteiger partial charge in [-0.15, -0.1) is 0 Å². The molecule has 20 heavy (non-hydrogen) atoms. The van der Waals surface area contributed by atoms with E-state index in [1.807, 2.05) is 38.1 Å². The molecule has 0 N–H and O–H groups in total. The predicted octanol–water partition coefficient (Wildman–Crippen LogP) is 2.54. The van der Waals surface area contributed by atoms with Gasteiger partial charge in [-0.1, -0.05) is 6.07 Å². The van der Waals surface area contributed by atoms with Crippen LogP contribution in [0.1, 0.15) is 34.1 Å². The number of aryl methyl sites for hydroxylation is 2. The Labute approximate surface area is 117 Å². The van der Waals surface area contributed by atoms with E-state index in [9.17, 15) is 10.1 Å². The first kappa shape index (κ1) is 13.8. The minimum Gasteiger partial charge on any atom is -0.462 e. The van der Waals surface area contributed by atoms with Crippen LogP contribution in [-0.4, -0.2) is 22.4 Å². The van der Waals surface area contributed by atoms with Gasteiger partial charge in [0.1, 0.15) is 11.6 Å². The summed E-state index contributed by atoms with van der Waals surface area (Å²) in [7, 11) is 0. The minimum absolute atomic E-state index is 0.187. The highest BCUT2D eigenvalue weighted by molar-refractivity contribution is 5.91. The van der Waals surface area contributed by atoms with Gasteiger partial charge in [-0.25, -0.2) is 9.48 Å². The van der Waals surface area contributed by atoms with Crippen LogP contribution in [0, 0.1) is 25.2 Å². The lowest BCUT2D eigenvalue weighted by atomic mass is 10.1. The Morgan fingerprint density at radius 2 is 2.15 bits per heavy atom. The van der Waals surface area contributed by atoms with E-state index >= 15 is 0 Å². The lowest BCUT2D eigenvalue weighted by molar-refractivity contribution is 0.0526. The number of carbonyl (C=O) groups is 1. The number of benzene rings is 1. The highest BCUT2D eigenvalue weighted by Crippen LogP contribution is 2.18. The topological polar surface area (TPSA) is 67.9 Å². The van der Waals surface area contributed by atoms with Gasteiger partial charge in [0, 0.05) is 0 Å². The minimum atomic E-state index is -0.529. The average molecular weight is 269 g/mol. The van der Waals surface area contributed by atoms with E-state index in [1.54, 1.807) is 6.92 Å². The fraction of sp³-hybridized carbons (Fsp3) is 0.267. The molecule has 0 saturated heterocycles. The SMILES string of the molecule is CCOC(=O)c1cnn(-c2ccc(C)c(C)c2)c1C#N. The first-order valence-electron chi connectivity index (χ1n) is 6.31. The fourth-order valence-corrected chi connectivity index (χ4v) is 1.87. The Kier molecular flexibility index (Phi) is 3.85. The molecule has 1 aromatic carbocycles. The maximum Gasteiger partial charge on any atom is 0.342 e. The molecule has 2 aromatic rings. The molecule has 0 aliphatic rings. The zero-order valence-corrected chi connectivity index (χ0v) is 11.7. The van der Waals surface area contributed by atoms with Gasteiger partial charge in [0.05, 0.1) is 18.5 Å². The Hall–Kier alpha value is -2.61. The molecule has 0 aliphatic heterocycles. The molecule has 0 atom stereocenters. The van der Waals surface area contributed by atoms with E-state index in [0.717, 1.165) is 16.8 Å². The number of nitriles is 1. The van der Waals surface area contributed by atoms with Crippen molar-refractivity contribution in [1.29, 1.82) is 5.26 Å². The number of esters is 1. The van der Waals surface area contributed by atoms with Crippen LogP contribution < -0.4 is 0 Å². The highest BCUT2D eigenvalue weighted by atomic mass is 16.5. The van der Waals surface area contributed by atoms with Crippen LogP contribution in [-0.2, 0) is 4.74 Å². The molecule has 5 heteroatoms. The first-order chi connectivity index (χ1) is 9.58. The summed E-state index contributed by atoms with van der Waals surface area (Å²) < 4.78 is 6.38. The molecule has 2 rings (SSSR count). The smallest absolute Gasteiger partial charge is 0.342 e. The molecule has 1 aromatic heterocycles. The fourth-order valence-electron chi connectivity index (χ4n) is 1.87. The van der Waals surface area contributed by atoms with Gasteiger partial charge in [-0.2, -0.15) is 10.4 Å². The molecule has 102 valence electrons. The zero-order chi connectivity index (χ0) is 14.7. The van der Waals surface area contributed by atoms with Crippen LogP contribution in [0.5, 0.6) is 0 Å². The molecule has 0 fully saturated rings. The van der Waals surface area contributed by atoms with E-state index in [2.05, 4.69) is 5.10 Å². The Morgan fingerprint density at radius 1 is 1.40 bits per heavy atom. The Morgan fingerprint density at radius 3 is 2.75 bits per heavy atom. The second-order valence-corrected chi connectivity index (χ2v) is 4.42. The Bertz CT molecular complexity index is 696. The normalized spacial score (nSPS) is 10.1. The van der Waals surface area contributed by atoms with E-state index in [0.29, 0.717) is 0 Å². The van der Waals surface area contributed by atoms with Crippen LogP contribution >= 0.6 is 0 Å². The summed E-state index contributed by atoms with van der Waals surface area (Å²) in [6.07, 6.45) is 1.37. The summed E-state index contributed by atoms with van der Waals surface area (Å²) in [5, 5.41) is 13.4. The highest BCUT2D eigenvalue weighted by Gasteiger charge is 2.19. The maximum absolute atomic E-state index is 11.8. The lowest BCUT2D eigenvalue weighted by Gasteiger charge is -2.06. The standard InChI is InChI=1S/C15H15N3O2/c1-4-20-15(19)13-9-17-18(14(13)8-16)12-6-5-10(2)11(3)7-12/h5-7,9H,4H2,1-3H3. The number of rotatable bonds is 3. The number of nitrogens with zero attached hydrogens (tertiary/aromatic N) is 3. The van der Waals surface area contributed by atoms with E-state index in [4.69, 9.17) is 4.74 Å². The van der Waals surface area contributed by atoms with Gasteiger partial charge in [-0.3, -0.25) is 0 Å². The van der Waals surface area contributed by atoms with Gasteiger partial charge in [-0.05, 0) is 44.0 Å². The van der Waals surface area contributed by atoms with Crippen molar-refractivity contribution in [3.05, 3.63) is 46.8 Å². The van der Waals surface area contributed by atoms with Gasteiger partial charge in [0.25, 0.3) is 0 Å². The van der Waals surface area contributed by atoms with Crippen molar-refractivity contribution in [2.24, 2.45) is 0 Å². The van der Waals surface area contributed by atoms with Crippen molar-refractivity contribution >= 4 is 5.97 Å². The van der Waals surface area contributed by atoms with Crippen molar-refractivity contribution < 1.29 is 9.53 Å².